The molecule has 2 fully saturated rings. The van der Waals surface area contributed by atoms with Crippen molar-refractivity contribution < 1.29 is 26.7 Å². The van der Waals surface area contributed by atoms with Crippen LogP contribution in [0.3, 0.4) is 0 Å². The van der Waals surface area contributed by atoms with E-state index in [2.05, 4.69) is 17.4 Å². The van der Waals surface area contributed by atoms with Gasteiger partial charge >= 0.3 is 6.36 Å². The fourth-order valence-electron chi connectivity index (χ4n) is 5.43. The highest BCUT2D eigenvalue weighted by molar-refractivity contribution is 5.33. The van der Waals surface area contributed by atoms with Gasteiger partial charge < -0.3 is 4.74 Å². The number of hydrogen-bond acceptors (Lipinski definition) is 1. The monoisotopic (exact) mass is 442 g/mol. The molecule has 0 heterocycles. The summed E-state index contributed by atoms with van der Waals surface area (Å²) < 4.78 is 68.6. The third-order valence-electron chi connectivity index (χ3n) is 7.05. The summed E-state index contributed by atoms with van der Waals surface area (Å²) in [5.74, 6) is -1.83. The van der Waals surface area contributed by atoms with E-state index in [0.717, 1.165) is 56.1 Å². The smallest absolute Gasteiger partial charge is 0.399 e. The summed E-state index contributed by atoms with van der Waals surface area (Å²) in [4.78, 5) is 0. The zero-order valence-electron chi connectivity index (χ0n) is 17.8. The SMILES string of the molecule is C=CC=CCCC1CCC(C2CCC(c3cc(F)c(OC(F)(F)F)c(F)c3)CC2)CC1. The van der Waals surface area contributed by atoms with Crippen LogP contribution in [0.2, 0.25) is 0 Å². The molecule has 0 atom stereocenters. The van der Waals surface area contributed by atoms with E-state index in [0.29, 0.717) is 11.5 Å². The van der Waals surface area contributed by atoms with E-state index in [1.165, 1.54) is 32.1 Å². The van der Waals surface area contributed by atoms with Crippen molar-refractivity contribution in [2.75, 3.05) is 0 Å². The zero-order valence-corrected chi connectivity index (χ0v) is 17.8. The summed E-state index contributed by atoms with van der Waals surface area (Å²) in [6.07, 6.45) is 11.9. The summed E-state index contributed by atoms with van der Waals surface area (Å²) in [6.45, 7) is 3.69. The van der Waals surface area contributed by atoms with Gasteiger partial charge in [0.1, 0.15) is 0 Å². The van der Waals surface area contributed by atoms with Crippen molar-refractivity contribution in [1.82, 2.24) is 0 Å². The maximum atomic E-state index is 14.1. The van der Waals surface area contributed by atoms with Crippen molar-refractivity contribution in [3.8, 4) is 5.75 Å². The van der Waals surface area contributed by atoms with E-state index < -0.39 is 23.7 Å². The van der Waals surface area contributed by atoms with Gasteiger partial charge in [0, 0.05) is 0 Å². The van der Waals surface area contributed by atoms with Gasteiger partial charge in [0.2, 0.25) is 5.75 Å². The van der Waals surface area contributed by atoms with Gasteiger partial charge in [-0.2, -0.15) is 0 Å². The molecule has 31 heavy (non-hydrogen) atoms. The van der Waals surface area contributed by atoms with Crippen molar-refractivity contribution in [2.24, 2.45) is 17.8 Å². The van der Waals surface area contributed by atoms with Crippen LogP contribution < -0.4 is 4.74 Å². The van der Waals surface area contributed by atoms with E-state index in [-0.39, 0.29) is 5.92 Å². The minimum Gasteiger partial charge on any atom is -0.399 e. The molecular formula is C25H31F5O. The molecule has 1 nitrogen and oxygen atoms in total. The highest BCUT2D eigenvalue weighted by atomic mass is 19.4. The number of ether oxygens (including phenoxy) is 1. The van der Waals surface area contributed by atoms with Crippen LogP contribution in [-0.2, 0) is 0 Å². The molecule has 0 unspecified atom stereocenters. The first-order valence-corrected chi connectivity index (χ1v) is 11.3. The first-order chi connectivity index (χ1) is 14.8. The molecular weight excluding hydrogens is 411 g/mol. The molecule has 1 aromatic rings. The molecule has 0 N–H and O–H groups in total. The minimum atomic E-state index is -5.12. The van der Waals surface area contributed by atoms with Crippen molar-refractivity contribution in [3.05, 3.63) is 54.1 Å². The quantitative estimate of drug-likeness (QED) is 0.304. The molecule has 0 radical (unpaired) electrons. The second-order valence-corrected chi connectivity index (χ2v) is 9.00. The Morgan fingerprint density at radius 1 is 0.903 bits per heavy atom. The summed E-state index contributed by atoms with van der Waals surface area (Å²) in [5.41, 5.74) is 0.430. The van der Waals surface area contributed by atoms with E-state index >= 15 is 0 Å². The second kappa shape index (κ2) is 10.6. The van der Waals surface area contributed by atoms with E-state index in [1.54, 1.807) is 6.08 Å². The van der Waals surface area contributed by atoms with Gasteiger partial charge in [0.05, 0.1) is 0 Å². The predicted octanol–water partition coefficient (Wildman–Crippen LogP) is 8.47. The lowest BCUT2D eigenvalue weighted by Gasteiger charge is -2.38. The molecule has 0 amide bonds. The number of rotatable bonds is 7. The van der Waals surface area contributed by atoms with Gasteiger partial charge in [-0.3, -0.25) is 0 Å². The number of allylic oxidation sites excluding steroid dienone is 3. The Kier molecular flexibility index (Phi) is 8.17. The second-order valence-electron chi connectivity index (χ2n) is 9.00. The van der Waals surface area contributed by atoms with Crippen LogP contribution in [0, 0.1) is 29.4 Å². The van der Waals surface area contributed by atoms with Crippen LogP contribution in [-0.4, -0.2) is 6.36 Å². The van der Waals surface area contributed by atoms with Gasteiger partial charge in [-0.05, 0) is 92.7 Å². The van der Waals surface area contributed by atoms with Crippen LogP contribution >= 0.6 is 0 Å². The molecule has 3 rings (SSSR count). The lowest BCUT2D eigenvalue weighted by molar-refractivity contribution is -0.276. The van der Waals surface area contributed by atoms with Gasteiger partial charge in [-0.15, -0.1) is 13.2 Å². The van der Waals surface area contributed by atoms with E-state index in [9.17, 15) is 22.0 Å². The molecule has 2 saturated carbocycles. The highest BCUT2D eigenvalue weighted by Gasteiger charge is 2.35. The molecule has 0 bridgehead atoms. The predicted molar refractivity (Wildman–Crippen MR) is 112 cm³/mol. The average molecular weight is 443 g/mol. The molecule has 6 heteroatoms. The van der Waals surface area contributed by atoms with Gasteiger partial charge in [-0.1, -0.05) is 37.6 Å². The largest absolute Gasteiger partial charge is 0.573 e. The molecule has 0 aliphatic heterocycles. The molecule has 2 aliphatic rings. The number of benzene rings is 1. The summed E-state index contributed by atoms with van der Waals surface area (Å²) >= 11 is 0. The Balaban J connectivity index is 1.49. The first-order valence-electron chi connectivity index (χ1n) is 11.3. The van der Waals surface area contributed by atoms with E-state index in [4.69, 9.17) is 0 Å². The minimum absolute atomic E-state index is 0.0202. The molecule has 2 aliphatic carbocycles. The topological polar surface area (TPSA) is 9.23 Å². The number of hydrogen-bond donors (Lipinski definition) is 0. The highest BCUT2D eigenvalue weighted by Crippen LogP contribution is 2.45. The lowest BCUT2D eigenvalue weighted by Crippen LogP contribution is -2.25. The van der Waals surface area contributed by atoms with Gasteiger partial charge in [0.15, 0.2) is 11.6 Å². The number of alkyl halides is 3. The average Bonchev–Trinajstić information content (AvgIpc) is 2.74. The Morgan fingerprint density at radius 2 is 1.45 bits per heavy atom. The fraction of sp³-hybridized carbons (Fsp3) is 0.600. The Hall–Kier alpha value is -1.85. The molecule has 0 aromatic heterocycles. The Bertz CT molecular complexity index is 731. The fourth-order valence-corrected chi connectivity index (χ4v) is 5.43. The van der Waals surface area contributed by atoms with Crippen LogP contribution in [0.15, 0.2) is 36.9 Å². The zero-order chi connectivity index (χ0) is 22.4. The maximum Gasteiger partial charge on any atom is 0.573 e. The maximum absolute atomic E-state index is 14.1. The summed E-state index contributed by atoms with van der Waals surface area (Å²) in [6, 6.07) is 2.00. The normalized spacial score (nSPS) is 27.4. The molecule has 0 spiro atoms. The van der Waals surface area contributed by atoms with Crippen LogP contribution in [0.1, 0.15) is 75.7 Å². The van der Waals surface area contributed by atoms with Gasteiger partial charge in [-0.25, -0.2) is 8.78 Å². The van der Waals surface area contributed by atoms with Crippen LogP contribution in [0.4, 0.5) is 22.0 Å². The first kappa shape index (κ1) is 23.8. The lowest BCUT2D eigenvalue weighted by atomic mass is 9.68. The Labute approximate surface area is 181 Å². The van der Waals surface area contributed by atoms with Crippen molar-refractivity contribution in [1.29, 1.82) is 0 Å². The summed E-state index contributed by atoms with van der Waals surface area (Å²) in [7, 11) is 0. The van der Waals surface area contributed by atoms with E-state index in [1.807, 2.05) is 6.08 Å². The molecule has 172 valence electrons. The third-order valence-corrected chi connectivity index (χ3v) is 7.05. The number of halogens is 5. The summed E-state index contributed by atoms with van der Waals surface area (Å²) in [5, 5.41) is 0. The van der Waals surface area contributed by atoms with Crippen molar-refractivity contribution in [2.45, 2.75) is 76.5 Å². The molecule has 1 aromatic carbocycles. The molecule has 0 saturated heterocycles. The standard InChI is InChI=1S/C25H31F5O/c1-2-3-4-5-6-17-7-9-18(10-8-17)19-11-13-20(14-12-19)21-15-22(26)24(23(27)16-21)31-25(28,29)30/h2-4,15-20H,1,5-14H2. The third kappa shape index (κ3) is 6.81. The van der Waals surface area contributed by atoms with Crippen LogP contribution in [0.5, 0.6) is 5.75 Å². The Morgan fingerprint density at radius 3 is 1.97 bits per heavy atom. The van der Waals surface area contributed by atoms with Crippen LogP contribution in [0.25, 0.3) is 0 Å². The van der Waals surface area contributed by atoms with Gasteiger partial charge in [0.25, 0.3) is 0 Å². The van der Waals surface area contributed by atoms with Crippen molar-refractivity contribution >= 4 is 0 Å². The van der Waals surface area contributed by atoms with Crippen molar-refractivity contribution in [3.63, 3.8) is 0 Å².